The summed E-state index contributed by atoms with van der Waals surface area (Å²) in [6.07, 6.45) is 0. The summed E-state index contributed by atoms with van der Waals surface area (Å²) in [5, 5.41) is 0. The van der Waals surface area contributed by atoms with Crippen molar-refractivity contribution < 1.29 is 50.9 Å². The second kappa shape index (κ2) is 38.6. The van der Waals surface area contributed by atoms with Crippen molar-refractivity contribution in [2.45, 2.75) is 0 Å². The average Bonchev–Trinajstić information content (AvgIpc) is 0. The Morgan fingerprint density at radius 3 is 0.600 bits per heavy atom. The maximum absolute atomic E-state index is 0. The van der Waals surface area contributed by atoms with Crippen molar-refractivity contribution >= 4 is 17.4 Å². The molecule has 0 amide bonds. The predicted molar refractivity (Wildman–Crippen MR) is 10.8 cm³/mol. The Kier molecular flexibility index (Phi) is 505. The van der Waals surface area contributed by atoms with E-state index in [1.54, 1.807) is 0 Å². The van der Waals surface area contributed by atoms with Crippen molar-refractivity contribution in [1.29, 1.82) is 0 Å². The van der Waals surface area contributed by atoms with E-state index < -0.39 is 0 Å². The van der Waals surface area contributed by atoms with Gasteiger partial charge in [0.2, 0.25) is 0 Å². The number of rotatable bonds is 0. The van der Waals surface area contributed by atoms with Gasteiger partial charge in [0, 0.05) is 0 Å². The van der Waals surface area contributed by atoms with E-state index in [9.17, 15) is 0 Å². The molecule has 5 heteroatoms. The maximum Gasteiger partial charge on any atom is 3.00 e. The Balaban J connectivity index is 0. The summed E-state index contributed by atoms with van der Waals surface area (Å²) in [6, 6.07) is 0. The first-order chi connectivity index (χ1) is 0. The van der Waals surface area contributed by atoms with Gasteiger partial charge < -0.3 is 57.1 Å². The van der Waals surface area contributed by atoms with Gasteiger partial charge in [0.15, 0.2) is 0 Å². The van der Waals surface area contributed by atoms with Gasteiger partial charge in [0.05, 0.1) is 0 Å². The average molecular weight is 284 g/mol. The van der Waals surface area contributed by atoms with Crippen LogP contribution in [-0.4, -0.2) is 17.4 Å². The molecule has 0 saturated heterocycles. The van der Waals surface area contributed by atoms with Crippen LogP contribution in [0.5, 0.6) is 0 Å². The molecular weight excluding hydrogens is 281 g/mol. The second-order valence-electron chi connectivity index (χ2n) is 0. The summed E-state index contributed by atoms with van der Waals surface area (Å²) >= 11 is 0. The predicted octanol–water partition coefficient (Wildman–Crippen LogP) is -9.21. The van der Waals surface area contributed by atoms with Crippen LogP contribution in [0, 0.1) is 0 Å². The van der Waals surface area contributed by atoms with Gasteiger partial charge in [-0.3, -0.25) is 0 Å². The molecule has 0 aliphatic carbocycles. The summed E-state index contributed by atoms with van der Waals surface area (Å²) in [4.78, 5) is 0. The van der Waals surface area contributed by atoms with Gasteiger partial charge in [-0.15, -0.1) is 0 Å². The van der Waals surface area contributed by atoms with Gasteiger partial charge in [-0.2, -0.15) is 0 Å². The van der Waals surface area contributed by atoms with Crippen LogP contribution in [0.4, 0.5) is 0 Å². The molecule has 0 atom stereocenters. The third-order valence-electron chi connectivity index (χ3n) is 0. The van der Waals surface area contributed by atoms with Crippen LogP contribution < -0.4 is 57.1 Å². The molecule has 0 aromatic rings. The first kappa shape index (κ1) is 65.3. The monoisotopic (exact) mass is 281 g/mol. The van der Waals surface area contributed by atoms with Crippen LogP contribution in [0.1, 0.15) is 0 Å². The van der Waals surface area contributed by atoms with Gasteiger partial charge >= 0.3 is 17.4 Å². The Morgan fingerprint density at radius 1 is 0.600 bits per heavy atom. The Hall–Kier alpha value is 1.93. The van der Waals surface area contributed by atoms with Crippen LogP contribution in [0.15, 0.2) is 0 Å². The second-order valence-corrected chi connectivity index (χ2v) is 0. The molecule has 32 valence electrons. The Bertz CT molecular complexity index is 6.85. The molecule has 0 aliphatic heterocycles. The molecule has 0 spiro atoms. The zero-order valence-electron chi connectivity index (χ0n) is 2.42. The van der Waals surface area contributed by atoms with Gasteiger partial charge in [-0.1, -0.05) is 0 Å². The van der Waals surface area contributed by atoms with E-state index in [0.29, 0.717) is 0 Å². The van der Waals surface area contributed by atoms with Crippen molar-refractivity contribution in [2.75, 3.05) is 0 Å². The minimum atomic E-state index is 0. The number of hydrogen-bond acceptors (Lipinski definition) is 1. The van der Waals surface area contributed by atoms with Gasteiger partial charge in [-0.05, 0) is 0 Å². The summed E-state index contributed by atoms with van der Waals surface area (Å²) in [5.74, 6) is 0. The fourth-order valence-corrected chi connectivity index (χ4v) is 0. The van der Waals surface area contributed by atoms with Crippen LogP contribution >= 0.6 is 0 Å². The molecule has 0 bridgehead atoms. The van der Waals surface area contributed by atoms with Crippen LogP contribution in [0.2, 0.25) is 0 Å². The molecule has 0 unspecified atom stereocenters. The molecule has 0 saturated carbocycles. The summed E-state index contributed by atoms with van der Waals surface area (Å²) in [7, 11) is 0. The zero-order valence-corrected chi connectivity index (χ0v) is 8.33. The summed E-state index contributed by atoms with van der Waals surface area (Å²) < 4.78 is 0. The molecule has 0 aromatic heterocycles. The third-order valence-corrected chi connectivity index (χ3v) is 0. The number of hydrogen-bond donors (Lipinski definition) is 1. The minimum Gasteiger partial charge on any atom is -1.00 e. The van der Waals surface area contributed by atoms with E-state index in [1.807, 2.05) is 0 Å². The first-order valence-electron chi connectivity index (χ1n) is 0. The molecule has 0 radical (unpaired) electrons. The zero-order chi connectivity index (χ0) is 0. The molecule has 0 rings (SSSR count). The van der Waals surface area contributed by atoms with E-state index in [2.05, 4.69) is 0 Å². The van der Waals surface area contributed by atoms with Crippen LogP contribution in [0.3, 0.4) is 0 Å². The third kappa shape index (κ3) is 24.6. The van der Waals surface area contributed by atoms with Crippen molar-refractivity contribution in [3.8, 4) is 0 Å². The van der Waals surface area contributed by atoms with Crippen molar-refractivity contribution in [3.63, 3.8) is 0 Å². The standard InChI is InChI=1S/Al.3BrH.H3N/h;3*1H;1H3/q+3;;;;/p-3. The van der Waals surface area contributed by atoms with Crippen molar-refractivity contribution in [1.82, 2.24) is 6.15 Å². The molecule has 0 heterocycles. The molecule has 0 aromatic carbocycles. The van der Waals surface area contributed by atoms with Crippen LogP contribution in [-0.2, 0) is 0 Å². The van der Waals surface area contributed by atoms with Crippen molar-refractivity contribution in [2.24, 2.45) is 0 Å². The van der Waals surface area contributed by atoms with Crippen molar-refractivity contribution in [3.05, 3.63) is 0 Å². The molecule has 1 nitrogen and oxygen atoms in total. The minimum absolute atomic E-state index is 0. The van der Waals surface area contributed by atoms with E-state index in [1.165, 1.54) is 0 Å². The quantitative estimate of drug-likeness (QED) is 0.441. The fraction of sp³-hybridized carbons (Fsp3) is 0. The normalized spacial score (nSPS) is 0. The van der Waals surface area contributed by atoms with E-state index in [4.69, 9.17) is 0 Å². The largest absolute Gasteiger partial charge is 3.00 e. The Labute approximate surface area is 73.9 Å². The molecule has 5 heavy (non-hydrogen) atoms. The molecular formula is H3AlBr3N. The van der Waals surface area contributed by atoms with E-state index >= 15 is 0 Å². The fourth-order valence-electron chi connectivity index (χ4n) is 0. The molecule has 0 fully saturated rings. The van der Waals surface area contributed by atoms with E-state index in [0.717, 1.165) is 0 Å². The molecule has 0 aliphatic rings. The van der Waals surface area contributed by atoms with Gasteiger partial charge in [0.25, 0.3) is 0 Å². The van der Waals surface area contributed by atoms with E-state index in [-0.39, 0.29) is 74.5 Å². The first-order valence-corrected chi connectivity index (χ1v) is 0. The maximum atomic E-state index is 0. The van der Waals surface area contributed by atoms with Gasteiger partial charge in [0.1, 0.15) is 0 Å². The molecule has 3 N–H and O–H groups in total. The van der Waals surface area contributed by atoms with Crippen LogP contribution in [0.25, 0.3) is 0 Å². The number of halogens is 3. The Morgan fingerprint density at radius 2 is 0.600 bits per heavy atom. The van der Waals surface area contributed by atoms with Gasteiger partial charge in [-0.25, -0.2) is 0 Å². The topological polar surface area (TPSA) is 35.0 Å². The summed E-state index contributed by atoms with van der Waals surface area (Å²) in [5.41, 5.74) is 0. The SMILES string of the molecule is N.[Al+3].[Br-].[Br-].[Br-]. The summed E-state index contributed by atoms with van der Waals surface area (Å²) in [6.45, 7) is 0. The smallest absolute Gasteiger partial charge is 1.00 e.